The SMILES string of the molecule is CC1(C)CC1.Cc1ccc2ccc(NC(=O)C34CC3C4)nc2c1.[HH].[HH]. The normalized spacial score (nSPS) is 28.2. The zero-order chi connectivity index (χ0) is 16.2. The summed E-state index contributed by atoms with van der Waals surface area (Å²) >= 11 is 0. The van der Waals surface area contributed by atoms with Gasteiger partial charge in [0.15, 0.2) is 0 Å². The van der Waals surface area contributed by atoms with Gasteiger partial charge in [-0.15, -0.1) is 0 Å². The van der Waals surface area contributed by atoms with Crippen LogP contribution < -0.4 is 5.32 Å². The Hall–Kier alpha value is -1.90. The van der Waals surface area contributed by atoms with Crippen LogP contribution in [-0.4, -0.2) is 10.9 Å². The van der Waals surface area contributed by atoms with Crippen molar-refractivity contribution in [2.24, 2.45) is 16.7 Å². The van der Waals surface area contributed by atoms with E-state index in [0.717, 1.165) is 29.2 Å². The van der Waals surface area contributed by atoms with E-state index in [1.165, 1.54) is 18.4 Å². The highest BCUT2D eigenvalue weighted by Crippen LogP contribution is 2.75. The Morgan fingerprint density at radius 2 is 1.83 bits per heavy atom. The van der Waals surface area contributed by atoms with Gasteiger partial charge in [-0.3, -0.25) is 4.79 Å². The van der Waals surface area contributed by atoms with Gasteiger partial charge in [-0.05, 0) is 67.7 Å². The number of nitrogens with zero attached hydrogens (tertiary/aromatic N) is 1. The molecule has 1 heterocycles. The molecule has 124 valence electrons. The Labute approximate surface area is 140 Å². The van der Waals surface area contributed by atoms with Crippen LogP contribution in [0.3, 0.4) is 0 Å². The van der Waals surface area contributed by atoms with Gasteiger partial charge in [0.1, 0.15) is 5.82 Å². The third-order valence-electron chi connectivity index (χ3n) is 5.47. The van der Waals surface area contributed by atoms with E-state index in [1.807, 2.05) is 25.1 Å². The lowest BCUT2D eigenvalue weighted by Gasteiger charge is -2.07. The fourth-order valence-corrected chi connectivity index (χ4v) is 2.86. The summed E-state index contributed by atoms with van der Waals surface area (Å²) in [6.07, 6.45) is 5.05. The lowest BCUT2D eigenvalue weighted by molar-refractivity contribution is -0.119. The predicted octanol–water partition coefficient (Wildman–Crippen LogP) is 5.19. The van der Waals surface area contributed by atoms with Gasteiger partial charge in [-0.25, -0.2) is 4.98 Å². The second-order valence-corrected chi connectivity index (χ2v) is 8.27. The van der Waals surface area contributed by atoms with Crippen molar-refractivity contribution < 1.29 is 7.65 Å². The van der Waals surface area contributed by atoms with Crippen LogP contribution >= 0.6 is 0 Å². The molecule has 0 atom stereocenters. The molecule has 1 amide bonds. The first-order valence-electron chi connectivity index (χ1n) is 8.57. The van der Waals surface area contributed by atoms with Crippen LogP contribution in [0.4, 0.5) is 5.82 Å². The van der Waals surface area contributed by atoms with E-state index in [2.05, 4.69) is 36.3 Å². The summed E-state index contributed by atoms with van der Waals surface area (Å²) in [6.45, 7) is 6.64. The molecule has 5 rings (SSSR count). The topological polar surface area (TPSA) is 42.0 Å². The van der Waals surface area contributed by atoms with Gasteiger partial charge in [-0.2, -0.15) is 0 Å². The molecule has 23 heavy (non-hydrogen) atoms. The average Bonchev–Trinajstić information content (AvgIpc) is 3.36. The number of nitrogens with one attached hydrogen (secondary N) is 1. The molecule has 3 aliphatic rings. The Kier molecular flexibility index (Phi) is 3.06. The quantitative estimate of drug-likeness (QED) is 0.829. The second-order valence-electron chi connectivity index (χ2n) is 8.27. The summed E-state index contributed by atoms with van der Waals surface area (Å²) in [5.74, 6) is 1.50. The third-order valence-corrected chi connectivity index (χ3v) is 5.47. The molecule has 3 nitrogen and oxygen atoms in total. The van der Waals surface area contributed by atoms with E-state index in [4.69, 9.17) is 0 Å². The Morgan fingerprint density at radius 3 is 2.39 bits per heavy atom. The van der Waals surface area contributed by atoms with Gasteiger partial charge >= 0.3 is 0 Å². The van der Waals surface area contributed by atoms with Crippen LogP contribution in [0.2, 0.25) is 0 Å². The van der Waals surface area contributed by atoms with E-state index in [1.54, 1.807) is 0 Å². The highest BCUT2D eigenvalue weighted by molar-refractivity contribution is 6.00. The lowest BCUT2D eigenvalue weighted by atomic mass is 10.1. The molecule has 0 radical (unpaired) electrons. The number of benzene rings is 1. The fourth-order valence-electron chi connectivity index (χ4n) is 2.86. The summed E-state index contributed by atoms with van der Waals surface area (Å²) in [7, 11) is 0. The van der Waals surface area contributed by atoms with Gasteiger partial charge in [0.05, 0.1) is 10.9 Å². The van der Waals surface area contributed by atoms with Crippen molar-refractivity contribution in [2.45, 2.75) is 46.5 Å². The third kappa shape index (κ3) is 2.97. The molecule has 0 aliphatic heterocycles. The number of aromatic nitrogens is 1. The standard InChI is InChI=1S/C15H14N2O.C5H10.2H2/c1-9-2-3-10-4-5-13(16-12(10)6-9)17-14(18)15-7-11(15)8-15;1-5(2)3-4-5;;/h2-6,11H,7-8H2,1H3,(H,16,17,18);3-4H2,1-2H3;2*1H. The van der Waals surface area contributed by atoms with Gasteiger partial charge in [0, 0.05) is 8.24 Å². The Balaban J connectivity index is 0.000000282. The van der Waals surface area contributed by atoms with Crippen LogP contribution in [0.25, 0.3) is 10.9 Å². The number of hydrogen-bond acceptors (Lipinski definition) is 2. The molecule has 3 aliphatic carbocycles. The summed E-state index contributed by atoms with van der Waals surface area (Å²) in [6, 6.07) is 10.1. The number of pyridine rings is 1. The van der Waals surface area contributed by atoms with E-state index in [9.17, 15) is 4.79 Å². The molecule has 0 saturated heterocycles. The molecule has 3 fully saturated rings. The molecule has 1 aromatic carbocycles. The van der Waals surface area contributed by atoms with E-state index in [0.29, 0.717) is 11.7 Å². The Bertz CT molecular complexity index is 791. The maximum Gasteiger partial charge on any atom is 0.232 e. The molecular weight excluding hydrogens is 284 g/mol. The van der Waals surface area contributed by atoms with Gasteiger partial charge in [0.2, 0.25) is 5.91 Å². The first-order valence-corrected chi connectivity index (χ1v) is 8.57. The summed E-state index contributed by atoms with van der Waals surface area (Å²) < 4.78 is 0. The minimum Gasteiger partial charge on any atom is -0.310 e. The number of anilines is 1. The van der Waals surface area contributed by atoms with E-state index >= 15 is 0 Å². The number of aryl methyl sites for hydroxylation is 1. The smallest absolute Gasteiger partial charge is 0.232 e. The predicted molar refractivity (Wildman–Crippen MR) is 97.5 cm³/mol. The summed E-state index contributed by atoms with van der Waals surface area (Å²) in [5.41, 5.74) is 2.87. The van der Waals surface area contributed by atoms with Gasteiger partial charge < -0.3 is 5.32 Å². The van der Waals surface area contributed by atoms with Crippen LogP contribution in [0, 0.1) is 23.7 Å². The van der Waals surface area contributed by atoms with Crippen LogP contribution in [0.5, 0.6) is 0 Å². The largest absolute Gasteiger partial charge is 0.310 e. The number of amides is 1. The second kappa shape index (κ2) is 4.80. The number of carbonyl (C=O) groups is 1. The molecule has 0 bridgehead atoms. The molecular formula is C20H28N2O. The van der Waals surface area contributed by atoms with Crippen LogP contribution in [-0.2, 0) is 4.79 Å². The van der Waals surface area contributed by atoms with Crippen molar-refractivity contribution in [1.82, 2.24) is 4.98 Å². The van der Waals surface area contributed by atoms with E-state index < -0.39 is 0 Å². The fraction of sp³-hybridized carbons (Fsp3) is 0.500. The van der Waals surface area contributed by atoms with Gasteiger partial charge in [-0.1, -0.05) is 26.0 Å². The Morgan fingerprint density at radius 1 is 1.22 bits per heavy atom. The minimum absolute atomic E-state index is 0. The van der Waals surface area contributed by atoms with Crippen molar-refractivity contribution in [3.63, 3.8) is 0 Å². The van der Waals surface area contributed by atoms with Gasteiger partial charge in [0.25, 0.3) is 0 Å². The minimum atomic E-state index is 0. The van der Waals surface area contributed by atoms with Crippen molar-refractivity contribution in [3.05, 3.63) is 35.9 Å². The molecule has 3 saturated carbocycles. The number of rotatable bonds is 2. The van der Waals surface area contributed by atoms with Crippen molar-refractivity contribution >= 4 is 22.6 Å². The zero-order valence-corrected chi connectivity index (χ0v) is 14.1. The number of hydrogen-bond donors (Lipinski definition) is 1. The summed E-state index contributed by atoms with van der Waals surface area (Å²) in [5, 5.41) is 4.05. The first kappa shape index (κ1) is 14.7. The van der Waals surface area contributed by atoms with Crippen molar-refractivity contribution in [2.75, 3.05) is 5.32 Å². The highest BCUT2D eigenvalue weighted by atomic mass is 16.2. The monoisotopic (exact) mass is 312 g/mol. The molecule has 0 spiro atoms. The zero-order valence-electron chi connectivity index (χ0n) is 14.1. The average molecular weight is 312 g/mol. The van der Waals surface area contributed by atoms with Crippen molar-refractivity contribution in [3.8, 4) is 0 Å². The maximum absolute atomic E-state index is 12.0. The van der Waals surface area contributed by atoms with Crippen molar-refractivity contribution in [1.29, 1.82) is 0 Å². The molecule has 1 aromatic heterocycles. The summed E-state index contributed by atoms with van der Waals surface area (Å²) in [4.78, 5) is 16.5. The highest BCUT2D eigenvalue weighted by Gasteiger charge is 2.74. The van der Waals surface area contributed by atoms with Crippen LogP contribution in [0.1, 0.15) is 47.9 Å². The lowest BCUT2D eigenvalue weighted by Crippen LogP contribution is -2.18. The van der Waals surface area contributed by atoms with Crippen LogP contribution in [0.15, 0.2) is 30.3 Å². The maximum atomic E-state index is 12.0. The molecule has 1 N–H and O–H groups in total. The number of fused-ring (bicyclic) bond motifs is 2. The van der Waals surface area contributed by atoms with E-state index in [-0.39, 0.29) is 14.2 Å². The number of carbonyl (C=O) groups excluding carboxylic acids is 1. The molecule has 3 heteroatoms. The molecule has 0 unspecified atom stereocenters. The molecule has 2 aromatic rings. The first-order chi connectivity index (χ1) is 10.9.